The molecule has 1 amide bonds. The van der Waals surface area contributed by atoms with Crippen molar-refractivity contribution in [1.29, 1.82) is 0 Å². The quantitative estimate of drug-likeness (QED) is 0.572. The van der Waals surface area contributed by atoms with Crippen LogP contribution in [0.2, 0.25) is 0 Å². The number of nitrogens with one attached hydrogen (secondary N) is 1. The van der Waals surface area contributed by atoms with Crippen LogP contribution in [-0.4, -0.2) is 72.7 Å². The molecule has 8 heteroatoms. The lowest BCUT2D eigenvalue weighted by atomic mass is 10.1. The van der Waals surface area contributed by atoms with E-state index in [1.807, 2.05) is 25.1 Å². The predicted molar refractivity (Wildman–Crippen MR) is 124 cm³/mol. The monoisotopic (exact) mass is 422 g/mol. The van der Waals surface area contributed by atoms with Crippen LogP contribution in [0.25, 0.3) is 0 Å². The zero-order chi connectivity index (χ0) is 22.1. The third kappa shape index (κ3) is 6.97. The van der Waals surface area contributed by atoms with E-state index in [1.165, 1.54) is 0 Å². The highest BCUT2D eigenvalue weighted by Gasteiger charge is 2.15. The van der Waals surface area contributed by atoms with E-state index >= 15 is 0 Å². The molecule has 164 valence electrons. The van der Waals surface area contributed by atoms with Crippen LogP contribution in [0, 0.1) is 0 Å². The van der Waals surface area contributed by atoms with Crippen molar-refractivity contribution < 1.29 is 9.53 Å². The van der Waals surface area contributed by atoms with Crippen LogP contribution in [0.15, 0.2) is 52.4 Å². The lowest BCUT2D eigenvalue weighted by Gasteiger charge is -2.32. The molecular formula is C23H30N6O2. The summed E-state index contributed by atoms with van der Waals surface area (Å²) in [6, 6.07) is 13.1. The van der Waals surface area contributed by atoms with E-state index in [4.69, 9.17) is 4.74 Å². The van der Waals surface area contributed by atoms with Gasteiger partial charge in [-0.3, -0.25) is 9.69 Å². The summed E-state index contributed by atoms with van der Waals surface area (Å²) in [5.41, 5.74) is 1.73. The van der Waals surface area contributed by atoms with Gasteiger partial charge in [-0.1, -0.05) is 18.2 Å². The van der Waals surface area contributed by atoms with Crippen LogP contribution < -0.4 is 10.1 Å². The maximum Gasteiger partial charge on any atom is 0.318 e. The van der Waals surface area contributed by atoms with Crippen molar-refractivity contribution in [3.63, 3.8) is 0 Å². The van der Waals surface area contributed by atoms with Gasteiger partial charge in [0.05, 0.1) is 0 Å². The second-order valence-electron chi connectivity index (χ2n) is 7.34. The summed E-state index contributed by atoms with van der Waals surface area (Å²) in [5.74, 6) is 0.515. The molecule has 1 aromatic carbocycles. The van der Waals surface area contributed by atoms with E-state index in [2.05, 4.69) is 43.2 Å². The molecule has 1 aliphatic rings. The number of anilines is 1. The number of piperazine rings is 1. The zero-order valence-corrected chi connectivity index (χ0v) is 18.4. The highest BCUT2D eigenvalue weighted by Crippen LogP contribution is 2.15. The molecule has 3 rings (SSSR count). The molecule has 8 nitrogen and oxygen atoms in total. The van der Waals surface area contributed by atoms with Crippen LogP contribution in [0.3, 0.4) is 0 Å². The molecule has 1 aromatic heterocycles. The molecule has 0 saturated carbocycles. The molecule has 1 fully saturated rings. The number of carbonyl (C=O) groups excluding carboxylic acids is 1. The minimum atomic E-state index is -0.209. The molecule has 2 heterocycles. The summed E-state index contributed by atoms with van der Waals surface area (Å²) in [6.45, 7) is 9.29. The molecule has 0 radical (unpaired) electrons. The van der Waals surface area contributed by atoms with E-state index < -0.39 is 0 Å². The Morgan fingerprint density at radius 3 is 2.71 bits per heavy atom. The van der Waals surface area contributed by atoms with Gasteiger partial charge in [-0.2, -0.15) is 4.98 Å². The minimum absolute atomic E-state index is 0.209. The molecule has 2 aromatic rings. The van der Waals surface area contributed by atoms with Crippen LogP contribution >= 0.6 is 0 Å². The van der Waals surface area contributed by atoms with Gasteiger partial charge in [0, 0.05) is 57.1 Å². The van der Waals surface area contributed by atoms with Crippen molar-refractivity contribution in [2.45, 2.75) is 20.4 Å². The number of likely N-dealkylation sites (N-methyl/N-ethyl adjacent to an activating group) is 1. The van der Waals surface area contributed by atoms with Crippen LogP contribution in [0.1, 0.15) is 29.8 Å². The Morgan fingerprint density at radius 1 is 1.19 bits per heavy atom. The van der Waals surface area contributed by atoms with E-state index in [9.17, 15) is 4.79 Å². The average Bonchev–Trinajstić information content (AvgIpc) is 2.76. The van der Waals surface area contributed by atoms with Crippen molar-refractivity contribution in [3.05, 3.63) is 53.6 Å². The first-order valence-electron chi connectivity index (χ1n) is 10.6. The fourth-order valence-corrected chi connectivity index (χ4v) is 3.24. The number of amides is 1. The van der Waals surface area contributed by atoms with E-state index in [-0.39, 0.29) is 11.9 Å². The number of ether oxygens (including phenoxy) is 1. The van der Waals surface area contributed by atoms with Crippen LogP contribution in [0.4, 0.5) is 5.82 Å². The van der Waals surface area contributed by atoms with Gasteiger partial charge >= 0.3 is 6.02 Å². The lowest BCUT2D eigenvalue weighted by molar-refractivity contribution is 0.102. The fourth-order valence-electron chi connectivity index (χ4n) is 3.24. The smallest absolute Gasteiger partial charge is 0.318 e. The standard InChI is InChI=1S/C23H30N6O2/c1-4-24-23(25-5-2)31-21-11-7-10-20(26-21)27-22(30)19-9-6-8-18(16-19)17-29-14-12-28(3)13-15-29/h4,6-11,16H,5,12-15,17H2,1-3H3,(H,26,27,30)/b24-4-,25-23?. The Bertz CT molecular complexity index is 935. The van der Waals surface area contributed by atoms with Gasteiger partial charge in [-0.15, -0.1) is 0 Å². The van der Waals surface area contributed by atoms with Crippen LogP contribution in [-0.2, 0) is 6.54 Å². The summed E-state index contributed by atoms with van der Waals surface area (Å²) in [7, 11) is 2.14. The minimum Gasteiger partial charge on any atom is -0.405 e. The van der Waals surface area contributed by atoms with Crippen molar-refractivity contribution >= 4 is 24.0 Å². The lowest BCUT2D eigenvalue weighted by Crippen LogP contribution is -2.43. The first-order chi connectivity index (χ1) is 15.1. The summed E-state index contributed by atoms with van der Waals surface area (Å²) < 4.78 is 5.62. The Kier molecular flexibility index (Phi) is 8.26. The van der Waals surface area contributed by atoms with Crippen molar-refractivity contribution in [2.75, 3.05) is 45.1 Å². The van der Waals surface area contributed by atoms with Crippen molar-refractivity contribution in [1.82, 2.24) is 14.8 Å². The van der Waals surface area contributed by atoms with Gasteiger partial charge in [0.2, 0.25) is 5.88 Å². The molecule has 0 unspecified atom stereocenters. The number of nitrogens with zero attached hydrogens (tertiary/aromatic N) is 5. The Balaban J connectivity index is 1.64. The van der Waals surface area contributed by atoms with Gasteiger partial charge in [-0.25, -0.2) is 9.98 Å². The highest BCUT2D eigenvalue weighted by molar-refractivity contribution is 6.03. The van der Waals surface area contributed by atoms with E-state index in [0.717, 1.165) is 38.3 Å². The molecule has 0 bridgehead atoms. The third-order valence-corrected chi connectivity index (χ3v) is 4.89. The highest BCUT2D eigenvalue weighted by atomic mass is 16.5. The average molecular weight is 423 g/mol. The second-order valence-corrected chi connectivity index (χ2v) is 7.34. The number of hydrogen-bond donors (Lipinski definition) is 1. The van der Waals surface area contributed by atoms with E-state index in [0.29, 0.717) is 23.8 Å². The first kappa shape index (κ1) is 22.6. The zero-order valence-electron chi connectivity index (χ0n) is 18.4. The molecule has 0 aliphatic carbocycles. The van der Waals surface area contributed by atoms with Gasteiger partial charge in [0.1, 0.15) is 5.82 Å². The number of pyridine rings is 1. The second kappa shape index (κ2) is 11.3. The Hall–Kier alpha value is -3.10. The number of rotatable bonds is 6. The molecule has 0 spiro atoms. The number of carbonyl (C=O) groups is 1. The van der Waals surface area contributed by atoms with Crippen molar-refractivity contribution in [3.8, 4) is 5.88 Å². The largest absolute Gasteiger partial charge is 0.405 e. The predicted octanol–water partition coefficient (Wildman–Crippen LogP) is 2.93. The maximum atomic E-state index is 12.8. The summed E-state index contributed by atoms with van der Waals surface area (Å²) in [4.78, 5) is 30.1. The maximum absolute atomic E-state index is 12.8. The van der Waals surface area contributed by atoms with Crippen molar-refractivity contribution in [2.24, 2.45) is 9.98 Å². The molecule has 1 aliphatic heterocycles. The van der Waals surface area contributed by atoms with Gasteiger partial charge in [0.25, 0.3) is 5.91 Å². The number of aliphatic imine (C=N–C) groups is 2. The van der Waals surface area contributed by atoms with Gasteiger partial charge in [0.15, 0.2) is 0 Å². The normalized spacial score (nSPS) is 15.9. The van der Waals surface area contributed by atoms with Gasteiger partial charge in [-0.05, 0) is 44.7 Å². The topological polar surface area (TPSA) is 82.4 Å². The fraction of sp³-hybridized carbons (Fsp3) is 0.391. The van der Waals surface area contributed by atoms with E-state index in [1.54, 1.807) is 31.3 Å². The number of benzene rings is 1. The SMILES string of the molecule is C/C=N\C(=NCC)Oc1cccc(NC(=O)c2cccc(CN3CCN(C)CC3)c2)n1. The number of hydrogen-bond acceptors (Lipinski definition) is 6. The molecule has 0 atom stereocenters. The molecule has 31 heavy (non-hydrogen) atoms. The summed E-state index contributed by atoms with van der Waals surface area (Å²) in [5, 5.41) is 2.84. The molecule has 1 N–H and O–H groups in total. The summed E-state index contributed by atoms with van der Waals surface area (Å²) in [6.07, 6.45) is 1.61. The molecular weight excluding hydrogens is 392 g/mol. The third-order valence-electron chi connectivity index (χ3n) is 4.89. The first-order valence-corrected chi connectivity index (χ1v) is 10.6. The van der Waals surface area contributed by atoms with Gasteiger partial charge < -0.3 is 15.0 Å². The molecule has 1 saturated heterocycles. The summed E-state index contributed by atoms with van der Waals surface area (Å²) >= 11 is 0. The number of aromatic nitrogens is 1. The Morgan fingerprint density at radius 2 is 1.97 bits per heavy atom. The van der Waals surface area contributed by atoms with Crippen LogP contribution in [0.5, 0.6) is 5.88 Å². The Labute approximate surface area is 183 Å². The number of amidine groups is 1.